The number of halogens is 1. The second-order valence-electron chi connectivity index (χ2n) is 1.39. The van der Waals surface area contributed by atoms with Crippen molar-refractivity contribution in [2.75, 3.05) is 0 Å². The van der Waals surface area contributed by atoms with Crippen LogP contribution in [0.1, 0.15) is 1.43 Å². The summed E-state index contributed by atoms with van der Waals surface area (Å²) in [5.41, 5.74) is 0. The van der Waals surface area contributed by atoms with Gasteiger partial charge < -0.3 is 11.6 Å². The predicted molar refractivity (Wildman–Crippen MR) is 54.8 cm³/mol. The van der Waals surface area contributed by atoms with E-state index in [1.807, 2.05) is 0 Å². The number of carbonyl (C=O) groups excluding carboxylic acids is 3. The molecule has 13 nitrogen and oxygen atoms in total. The monoisotopic (exact) mass is 343 g/mol. The van der Waals surface area contributed by atoms with E-state index in [2.05, 4.69) is 0 Å². The van der Waals surface area contributed by atoms with Gasteiger partial charge in [-0.15, -0.1) is 4.20 Å². The molecule has 0 aliphatic carbocycles. The summed E-state index contributed by atoms with van der Waals surface area (Å²) in [6.07, 6.45) is 2.25. The molecule has 7 N–H and O–H groups in total. The van der Waals surface area contributed by atoms with Gasteiger partial charge in [-0.05, 0) is 0 Å². The fraction of sp³-hybridized carbons (Fsp3) is 0. The van der Waals surface area contributed by atoms with Crippen molar-refractivity contribution in [3.05, 3.63) is 0 Å². The van der Waals surface area contributed by atoms with Crippen molar-refractivity contribution in [2.45, 2.75) is 0 Å². The number of carboxylic acid groups (broad SMARTS) is 2. The van der Waals surface area contributed by atoms with Crippen molar-refractivity contribution in [3.63, 3.8) is 0 Å². The van der Waals surface area contributed by atoms with Crippen LogP contribution < -0.4 is 29.6 Å². The van der Waals surface area contributed by atoms with Crippen molar-refractivity contribution in [2.24, 2.45) is 0 Å². The van der Waals surface area contributed by atoms with Gasteiger partial charge in [0.2, 0.25) is 18.2 Å². The molecule has 0 amide bonds. The summed E-state index contributed by atoms with van der Waals surface area (Å²) in [7, 11) is -5.14. The van der Waals surface area contributed by atoms with E-state index in [0.29, 0.717) is 0 Å². The number of carbonyl (C=O) groups is 2. The number of rotatable bonds is 0. The zero-order valence-corrected chi connectivity index (χ0v) is 13.0. The Morgan fingerprint density at radius 3 is 0.952 bits per heavy atom. The van der Waals surface area contributed by atoms with Crippen LogP contribution in [-0.2, 0) is 28.5 Å². The van der Waals surface area contributed by atoms with Crippen molar-refractivity contribution in [3.8, 4) is 0 Å². The zero-order chi connectivity index (χ0) is 17.8. The van der Waals surface area contributed by atoms with Crippen LogP contribution in [0.15, 0.2) is 0 Å². The van der Waals surface area contributed by atoms with Crippen LogP contribution in [0.3, 0.4) is 0 Å². The quantitative estimate of drug-likeness (QED) is 0.0737. The van der Waals surface area contributed by atoms with Crippen LogP contribution in [0, 0.1) is 16.2 Å². The van der Waals surface area contributed by atoms with E-state index in [9.17, 15) is 4.20 Å². The fourth-order valence-electron chi connectivity index (χ4n) is 0. The molecular weight excluding hydrogens is 335 g/mol. The predicted octanol–water partition coefficient (Wildman–Crippen LogP) is -3.98. The van der Waals surface area contributed by atoms with Gasteiger partial charge in [-0.3, -0.25) is 9.79 Å². The summed E-state index contributed by atoms with van der Waals surface area (Å²) in [5, 5.41) is 31.0. The first kappa shape index (κ1) is 36.5. The zero-order valence-electron chi connectivity index (χ0n) is 11.1. The van der Waals surface area contributed by atoms with Gasteiger partial charge in [0.25, 0.3) is 0 Å². The Morgan fingerprint density at radius 2 is 0.952 bits per heavy atom. The summed E-state index contributed by atoms with van der Waals surface area (Å²) in [6.45, 7) is 0. The van der Waals surface area contributed by atoms with E-state index in [1.165, 1.54) is 0 Å². The Morgan fingerprint density at radius 1 is 0.905 bits per heavy atom. The summed E-state index contributed by atoms with van der Waals surface area (Å²) in [5.74, 6) is -3.65. The first-order valence-electron chi connectivity index (χ1n) is 3.22. The molecule has 0 spiro atoms. The molecule has 116 valence electrons. The SMILES string of the molecule is N=C=O.N=C=O.N=C=O.O=C(O)C(=O)O.O=P(O)(O)F.[H-].[Na+]. The van der Waals surface area contributed by atoms with Crippen molar-refractivity contribution < 1.29 is 83.7 Å². The molecule has 0 bridgehead atoms. The van der Waals surface area contributed by atoms with E-state index in [-0.39, 0.29) is 31.0 Å². The van der Waals surface area contributed by atoms with Crippen LogP contribution in [0.25, 0.3) is 0 Å². The van der Waals surface area contributed by atoms with Crippen molar-refractivity contribution >= 4 is 38.1 Å². The standard InChI is InChI=1S/C2H2O4.3CHNO.FH2O3P.Na.H/c3-1(4)2(5)6;3*2-1-3;1-5(2,3)4;;/h(H,3,4)(H,5,6);3*2H;(H2,2,3,4);;/q;;;;;+1;-1. The van der Waals surface area contributed by atoms with Crippen LogP contribution in [0.2, 0.25) is 0 Å². The number of nitrogens with one attached hydrogen (secondary N) is 3. The van der Waals surface area contributed by atoms with E-state index in [4.69, 9.17) is 64.8 Å². The molecule has 21 heavy (non-hydrogen) atoms. The fourth-order valence-corrected chi connectivity index (χ4v) is 0. The van der Waals surface area contributed by atoms with Gasteiger partial charge in [0, 0.05) is 0 Å². The number of aliphatic carboxylic acids is 2. The first-order chi connectivity index (χ1) is 8.89. The number of hydrogen-bond donors (Lipinski definition) is 7. The molecular formula is C5H8FN3NaO10P. The molecule has 0 atom stereocenters. The largest absolute Gasteiger partial charge is 1.00 e. The summed E-state index contributed by atoms with van der Waals surface area (Å²) >= 11 is 0. The van der Waals surface area contributed by atoms with Gasteiger partial charge in [-0.25, -0.2) is 44.8 Å². The van der Waals surface area contributed by atoms with E-state index in [1.54, 1.807) is 0 Å². The molecule has 0 unspecified atom stereocenters. The molecule has 0 aliphatic heterocycles. The molecule has 0 saturated carbocycles. The molecule has 0 radical (unpaired) electrons. The second-order valence-corrected chi connectivity index (χ2v) is 2.34. The Balaban J connectivity index is -0.0000000259. The van der Waals surface area contributed by atoms with Gasteiger partial charge in [-0.1, -0.05) is 0 Å². The molecule has 0 aromatic rings. The average Bonchev–Trinajstić information content (AvgIpc) is 2.18. The van der Waals surface area contributed by atoms with Crippen molar-refractivity contribution in [1.82, 2.24) is 0 Å². The minimum atomic E-state index is -5.14. The Labute approximate surface area is 138 Å². The van der Waals surface area contributed by atoms with Crippen LogP contribution in [0.4, 0.5) is 4.20 Å². The number of carboxylic acids is 2. The Bertz CT molecular complexity index is 375. The molecule has 16 heteroatoms. The molecule has 0 aliphatic rings. The average molecular weight is 343 g/mol. The second kappa shape index (κ2) is 30.9. The minimum Gasteiger partial charge on any atom is -1.00 e. The molecule has 0 heterocycles. The maximum atomic E-state index is 10.4. The number of isocyanates is 3. The molecule has 0 saturated heterocycles. The van der Waals surface area contributed by atoms with E-state index >= 15 is 0 Å². The normalized spacial score (nSPS) is 6.05. The number of hydrogen-bond acceptors (Lipinski definition) is 9. The minimum absolute atomic E-state index is 0. The molecule has 0 aromatic carbocycles. The molecule has 0 aromatic heterocycles. The summed E-state index contributed by atoms with van der Waals surface area (Å²) in [6, 6.07) is 0. The van der Waals surface area contributed by atoms with Crippen LogP contribution in [-0.4, -0.2) is 50.2 Å². The van der Waals surface area contributed by atoms with E-state index in [0.717, 1.165) is 18.2 Å². The van der Waals surface area contributed by atoms with Crippen LogP contribution in [0.5, 0.6) is 0 Å². The smallest absolute Gasteiger partial charge is 1.00 e. The Hall–Kier alpha value is -1.84. The third kappa shape index (κ3) is 1020. The van der Waals surface area contributed by atoms with E-state index < -0.39 is 19.8 Å². The Kier molecular flexibility index (Phi) is 53.6. The molecule has 0 fully saturated rings. The third-order valence-corrected chi connectivity index (χ3v) is 0.183. The maximum Gasteiger partial charge on any atom is 1.00 e. The van der Waals surface area contributed by atoms with Gasteiger partial charge in [-0.2, -0.15) is 0 Å². The van der Waals surface area contributed by atoms with Gasteiger partial charge in [0.1, 0.15) is 0 Å². The summed E-state index contributed by atoms with van der Waals surface area (Å²) < 4.78 is 19.0. The van der Waals surface area contributed by atoms with Gasteiger partial charge >= 0.3 is 49.4 Å². The first-order valence-corrected chi connectivity index (χ1v) is 4.72. The topological polar surface area (TPSA) is 255 Å². The van der Waals surface area contributed by atoms with Gasteiger partial charge in [0.05, 0.1) is 0 Å². The maximum absolute atomic E-state index is 10.4. The third-order valence-electron chi connectivity index (χ3n) is 0.183. The van der Waals surface area contributed by atoms with Gasteiger partial charge in [0.15, 0.2) is 0 Å². The van der Waals surface area contributed by atoms with Crippen LogP contribution >= 0.6 is 7.91 Å². The molecule has 0 rings (SSSR count). The summed E-state index contributed by atoms with van der Waals surface area (Å²) in [4.78, 5) is 57.2. The van der Waals surface area contributed by atoms with Crippen molar-refractivity contribution in [1.29, 1.82) is 16.2 Å².